The molecule has 20 heteroatoms. The van der Waals surface area contributed by atoms with Crippen LogP contribution in [0.4, 0.5) is 11.4 Å². The Morgan fingerprint density at radius 2 is 1.63 bits per heavy atom. The number of nitrogens with zero attached hydrogens (tertiary/aromatic N) is 5. The zero-order valence-corrected chi connectivity index (χ0v) is 31.1. The fourth-order valence-corrected chi connectivity index (χ4v) is 6.32. The lowest BCUT2D eigenvalue weighted by Gasteiger charge is -2.27. The molecule has 2 aliphatic heterocycles. The van der Waals surface area contributed by atoms with E-state index < -0.39 is 41.5 Å². The molecule has 1 atom stereocenters. The second-order valence-corrected chi connectivity index (χ2v) is 13.1. The van der Waals surface area contributed by atoms with Crippen LogP contribution >= 0.6 is 0 Å². The Balaban J connectivity index is 0.810. The molecule has 7 amide bonds. The number of ether oxygens (including phenoxy) is 2. The number of primary amides is 1. The van der Waals surface area contributed by atoms with E-state index in [-0.39, 0.29) is 85.8 Å². The summed E-state index contributed by atoms with van der Waals surface area (Å²) in [7, 11) is 0. The van der Waals surface area contributed by atoms with E-state index in [4.69, 9.17) is 19.6 Å². The van der Waals surface area contributed by atoms with Gasteiger partial charge < -0.3 is 35.6 Å². The highest BCUT2D eigenvalue weighted by atomic mass is 16.5. The Labute approximate surface area is 334 Å². The molecule has 59 heavy (non-hydrogen) atoms. The van der Waals surface area contributed by atoms with E-state index in [1.54, 1.807) is 60.9 Å². The van der Waals surface area contributed by atoms with Gasteiger partial charge >= 0.3 is 0 Å². The Bertz CT molecular complexity index is 2430. The first-order valence-electron chi connectivity index (χ1n) is 18.3. The molecule has 302 valence electrons. The standard InChI is InChI=1S/C39H36N10O10/c40-33(51)32-27(44-35(53)28-21-59-37(45-28)23-10-12-41-13-11-23)20-48(47-32)24-6-4-22(5-7-24)34(52)43-15-17-58-19-18-57-16-14-42-26-3-1-2-25-31(26)39(56)49(38(25)55)29-8-9-30(50)46-36(29)54/h1-7,10-13,20-21,29,42H,8-9,14-19H2,(H2,40,51)(H,43,52)(H,44,53)(H,46,50,54). The minimum atomic E-state index is -1.05. The molecule has 5 heterocycles. The normalized spacial score (nSPS) is 14.8. The van der Waals surface area contributed by atoms with Crippen molar-refractivity contribution in [1.29, 1.82) is 0 Å². The van der Waals surface area contributed by atoms with Gasteiger partial charge in [-0.15, -0.1) is 0 Å². The van der Waals surface area contributed by atoms with E-state index in [0.29, 0.717) is 29.0 Å². The first kappa shape index (κ1) is 39.6. The molecule has 0 spiro atoms. The van der Waals surface area contributed by atoms with Crippen LogP contribution in [0.25, 0.3) is 17.1 Å². The molecule has 1 unspecified atom stereocenters. The average Bonchev–Trinajstić information content (AvgIpc) is 3.97. The quantitative estimate of drug-likeness (QED) is 0.0660. The summed E-state index contributed by atoms with van der Waals surface area (Å²) < 4.78 is 17.9. The number of rotatable bonds is 17. The van der Waals surface area contributed by atoms with Gasteiger partial charge in [0.15, 0.2) is 11.4 Å². The molecule has 0 radical (unpaired) electrons. The van der Waals surface area contributed by atoms with Gasteiger partial charge in [0, 0.05) is 48.7 Å². The van der Waals surface area contributed by atoms with E-state index in [9.17, 15) is 33.6 Å². The van der Waals surface area contributed by atoms with Crippen molar-refractivity contribution < 1.29 is 47.5 Å². The maximum atomic E-state index is 13.2. The summed E-state index contributed by atoms with van der Waals surface area (Å²) in [5.74, 6) is -3.96. The first-order chi connectivity index (χ1) is 28.6. The van der Waals surface area contributed by atoms with Crippen LogP contribution in [0, 0.1) is 0 Å². The fraction of sp³-hybridized carbons (Fsp3) is 0.231. The number of carbonyl (C=O) groups is 7. The lowest BCUT2D eigenvalue weighted by Crippen LogP contribution is -2.54. The Hall–Kier alpha value is -7.58. The summed E-state index contributed by atoms with van der Waals surface area (Å²) in [6.45, 7) is 1.53. The van der Waals surface area contributed by atoms with E-state index in [1.165, 1.54) is 23.2 Å². The lowest BCUT2D eigenvalue weighted by atomic mass is 10.0. The second kappa shape index (κ2) is 17.7. The molecular formula is C39H36N10O10. The Morgan fingerprint density at radius 1 is 0.881 bits per heavy atom. The van der Waals surface area contributed by atoms with E-state index in [0.717, 1.165) is 4.90 Å². The summed E-state index contributed by atoms with van der Waals surface area (Å²) in [4.78, 5) is 97.0. The van der Waals surface area contributed by atoms with Crippen molar-refractivity contribution in [2.45, 2.75) is 18.9 Å². The first-order valence-corrected chi connectivity index (χ1v) is 18.3. The number of anilines is 2. The minimum absolute atomic E-state index is 0.0322. The van der Waals surface area contributed by atoms with Crippen molar-refractivity contribution in [3.63, 3.8) is 0 Å². The van der Waals surface area contributed by atoms with Crippen LogP contribution in [0.2, 0.25) is 0 Å². The number of hydrogen-bond donors (Lipinski definition) is 5. The molecule has 6 N–H and O–H groups in total. The van der Waals surface area contributed by atoms with E-state index >= 15 is 0 Å². The summed E-state index contributed by atoms with van der Waals surface area (Å²) in [5, 5.41) is 14.8. The van der Waals surface area contributed by atoms with Crippen molar-refractivity contribution in [1.82, 2.24) is 35.3 Å². The zero-order valence-electron chi connectivity index (χ0n) is 31.1. The zero-order chi connectivity index (χ0) is 41.5. The number of nitrogens with two attached hydrogens (primary N) is 1. The van der Waals surface area contributed by atoms with Gasteiger partial charge in [0.1, 0.15) is 12.3 Å². The number of carbonyl (C=O) groups excluding carboxylic acids is 7. The van der Waals surface area contributed by atoms with Gasteiger partial charge in [-0.05, 0) is 55.0 Å². The molecule has 2 aliphatic rings. The molecule has 2 aromatic carbocycles. The third-order valence-corrected chi connectivity index (χ3v) is 9.19. The van der Waals surface area contributed by atoms with Crippen LogP contribution in [0.15, 0.2) is 83.9 Å². The number of aromatic nitrogens is 4. The molecule has 0 saturated carbocycles. The summed E-state index contributed by atoms with van der Waals surface area (Å²) >= 11 is 0. The predicted molar refractivity (Wildman–Crippen MR) is 205 cm³/mol. The predicted octanol–water partition coefficient (Wildman–Crippen LogP) is 1.55. The Morgan fingerprint density at radius 3 is 2.36 bits per heavy atom. The number of amides is 7. The summed E-state index contributed by atoms with van der Waals surface area (Å²) in [6, 6.07) is 13.5. The van der Waals surface area contributed by atoms with Gasteiger partial charge in [0.25, 0.3) is 29.5 Å². The third-order valence-electron chi connectivity index (χ3n) is 9.19. The topological polar surface area (TPSA) is 272 Å². The molecule has 7 rings (SSSR count). The van der Waals surface area contributed by atoms with Gasteiger partial charge in [-0.2, -0.15) is 5.10 Å². The smallest absolute Gasteiger partial charge is 0.277 e. The SMILES string of the molecule is NC(=O)c1nn(-c2ccc(C(=O)NCCOCCOCCNc3cccc4c3C(=O)N(C3CCC(=O)NC3=O)C4=O)cc2)cc1NC(=O)c1coc(-c2ccncc2)n1. The summed E-state index contributed by atoms with van der Waals surface area (Å²) in [6.07, 6.45) is 5.82. The summed E-state index contributed by atoms with van der Waals surface area (Å²) in [5.41, 5.74) is 7.59. The number of fused-ring (bicyclic) bond motifs is 1. The van der Waals surface area contributed by atoms with Gasteiger partial charge in [0.2, 0.25) is 17.7 Å². The minimum Gasteiger partial charge on any atom is -0.444 e. The molecule has 20 nitrogen and oxygen atoms in total. The molecule has 3 aromatic heterocycles. The van der Waals surface area contributed by atoms with Gasteiger partial charge in [-0.1, -0.05) is 6.07 Å². The van der Waals surface area contributed by atoms with Crippen molar-refractivity contribution in [3.05, 3.63) is 108 Å². The molecular weight excluding hydrogens is 768 g/mol. The van der Waals surface area contributed by atoms with Gasteiger partial charge in [0.05, 0.1) is 55.1 Å². The highest BCUT2D eigenvalue weighted by Gasteiger charge is 2.45. The van der Waals surface area contributed by atoms with E-state index in [1.807, 2.05) is 0 Å². The van der Waals surface area contributed by atoms with Gasteiger partial charge in [-0.3, -0.25) is 48.8 Å². The third kappa shape index (κ3) is 8.87. The Kier molecular flexibility index (Phi) is 11.9. The number of hydrogen-bond acceptors (Lipinski definition) is 14. The van der Waals surface area contributed by atoms with Crippen LogP contribution in [0.1, 0.15) is 64.9 Å². The van der Waals surface area contributed by atoms with Crippen LogP contribution in [0.5, 0.6) is 0 Å². The largest absolute Gasteiger partial charge is 0.444 e. The van der Waals surface area contributed by atoms with Crippen LogP contribution in [-0.2, 0) is 19.1 Å². The molecule has 0 bridgehead atoms. The maximum Gasteiger partial charge on any atom is 0.277 e. The number of nitrogens with one attached hydrogen (secondary N) is 4. The number of piperidine rings is 1. The number of pyridine rings is 1. The van der Waals surface area contributed by atoms with Crippen molar-refractivity contribution >= 4 is 52.7 Å². The number of benzene rings is 2. The average molecular weight is 805 g/mol. The maximum absolute atomic E-state index is 13.2. The number of imide groups is 2. The molecule has 1 fully saturated rings. The van der Waals surface area contributed by atoms with Crippen LogP contribution in [-0.4, -0.2) is 112 Å². The lowest BCUT2D eigenvalue weighted by molar-refractivity contribution is -0.136. The number of oxazole rings is 1. The van der Waals surface area contributed by atoms with Crippen LogP contribution < -0.4 is 27.0 Å². The highest BCUT2D eigenvalue weighted by molar-refractivity contribution is 6.25. The van der Waals surface area contributed by atoms with Crippen molar-refractivity contribution in [2.24, 2.45) is 5.73 Å². The van der Waals surface area contributed by atoms with Crippen molar-refractivity contribution in [2.75, 3.05) is 50.2 Å². The second-order valence-electron chi connectivity index (χ2n) is 13.1. The van der Waals surface area contributed by atoms with Crippen LogP contribution in [0.3, 0.4) is 0 Å². The molecule has 5 aromatic rings. The van der Waals surface area contributed by atoms with E-state index in [2.05, 4.69) is 36.3 Å². The monoisotopic (exact) mass is 804 g/mol. The highest BCUT2D eigenvalue weighted by Crippen LogP contribution is 2.32. The fourth-order valence-electron chi connectivity index (χ4n) is 6.32. The van der Waals surface area contributed by atoms with Crippen molar-refractivity contribution in [3.8, 4) is 17.1 Å². The molecule has 0 aliphatic carbocycles. The molecule has 1 saturated heterocycles. The van der Waals surface area contributed by atoms with Gasteiger partial charge in [-0.25, -0.2) is 9.67 Å².